The monoisotopic (exact) mass is 510 g/mol. The van der Waals surface area contributed by atoms with Gasteiger partial charge in [-0.3, -0.25) is 0 Å². The van der Waals surface area contributed by atoms with Gasteiger partial charge in [0.2, 0.25) is 0 Å². The first-order valence-corrected chi connectivity index (χ1v) is 12.2. The Morgan fingerprint density at radius 3 is 2.41 bits per heavy atom. The van der Waals surface area contributed by atoms with Gasteiger partial charge in [-0.25, -0.2) is 17.2 Å². The van der Waals surface area contributed by atoms with Gasteiger partial charge in [0.1, 0.15) is 22.8 Å². The van der Waals surface area contributed by atoms with Gasteiger partial charge in [0, 0.05) is 21.4 Å². The zero-order valence-electron chi connectivity index (χ0n) is 16.8. The van der Waals surface area contributed by atoms with Gasteiger partial charge in [-0.05, 0) is 52.3 Å². The molecule has 0 bridgehead atoms. The Morgan fingerprint density at radius 1 is 1.38 bits per heavy atom. The van der Waals surface area contributed by atoms with Crippen LogP contribution in [0.5, 0.6) is 0 Å². The number of rotatable bonds is 9. The molecule has 162 valence electrons. The van der Waals surface area contributed by atoms with Gasteiger partial charge in [-0.15, -0.1) is 11.3 Å². The molecule has 0 saturated carbocycles. The second-order valence-electron chi connectivity index (χ2n) is 7.92. The van der Waals surface area contributed by atoms with E-state index in [9.17, 15) is 27.0 Å². The molecule has 1 aromatic rings. The predicted octanol–water partition coefficient (Wildman–Crippen LogP) is 4.08. The molecule has 3 atom stereocenters. The summed E-state index contributed by atoms with van der Waals surface area (Å²) in [6, 6.07) is 5.43. The fraction of sp³-hybridized carbons (Fsp3) is 0.526. The maximum absolute atomic E-state index is 14.7. The summed E-state index contributed by atoms with van der Waals surface area (Å²) in [7, 11) is -4.32. The SMILES string of the molecule is C=CC[C@@](C)(C#N)S(=O)(=O)C[C@@](CF)(N[S@+]([O-])C(C)(C)C)c1cc(Br)ccc1F. The minimum atomic E-state index is -4.32. The van der Waals surface area contributed by atoms with Gasteiger partial charge in [0.15, 0.2) is 14.6 Å². The highest BCUT2D eigenvalue weighted by Gasteiger charge is 2.50. The summed E-state index contributed by atoms with van der Waals surface area (Å²) in [5.41, 5.74) is -2.46. The molecule has 0 aromatic heterocycles. The number of benzene rings is 1. The standard InChI is InChI=1S/C19H25BrF2N2O3S2/c1-6-9-18(5,12-23)29(26,27)13-19(11-21,24-28(25)17(2,3)4)15-10-14(20)7-8-16(15)22/h6-8,10,24H,1,9,11,13H2,2-5H3/t18-,19+,28+/m0/s1. The highest BCUT2D eigenvalue weighted by atomic mass is 79.9. The minimum Gasteiger partial charge on any atom is -0.598 e. The molecule has 0 aliphatic heterocycles. The molecule has 0 spiro atoms. The second kappa shape index (κ2) is 9.43. The van der Waals surface area contributed by atoms with E-state index in [1.165, 1.54) is 25.1 Å². The van der Waals surface area contributed by atoms with E-state index in [4.69, 9.17) is 0 Å². The second-order valence-corrected chi connectivity index (χ2v) is 13.2. The van der Waals surface area contributed by atoms with E-state index in [-0.39, 0.29) is 12.0 Å². The molecule has 29 heavy (non-hydrogen) atoms. The Labute approximate surface area is 182 Å². The third-order valence-corrected chi connectivity index (χ3v) is 9.09. The number of allylic oxidation sites excluding steroid dienone is 1. The smallest absolute Gasteiger partial charge is 0.171 e. The lowest BCUT2D eigenvalue weighted by molar-refractivity contribution is 0.298. The van der Waals surface area contributed by atoms with Crippen molar-refractivity contribution in [1.82, 2.24) is 4.72 Å². The van der Waals surface area contributed by atoms with Crippen LogP contribution in [0.25, 0.3) is 0 Å². The van der Waals surface area contributed by atoms with E-state index in [2.05, 4.69) is 27.2 Å². The molecule has 1 aromatic carbocycles. The molecular weight excluding hydrogens is 486 g/mol. The van der Waals surface area contributed by atoms with Crippen molar-refractivity contribution in [1.29, 1.82) is 5.26 Å². The van der Waals surface area contributed by atoms with Crippen LogP contribution in [0, 0.1) is 17.1 Å². The number of sulfone groups is 1. The Bertz CT molecular complexity index is 900. The fourth-order valence-corrected chi connectivity index (χ4v) is 5.63. The molecule has 1 N–H and O–H groups in total. The minimum absolute atomic E-state index is 0.197. The Morgan fingerprint density at radius 2 is 1.97 bits per heavy atom. The van der Waals surface area contributed by atoms with Crippen LogP contribution in [0.15, 0.2) is 35.3 Å². The van der Waals surface area contributed by atoms with E-state index in [0.29, 0.717) is 4.47 Å². The van der Waals surface area contributed by atoms with Crippen molar-refractivity contribution in [3.63, 3.8) is 0 Å². The van der Waals surface area contributed by atoms with Crippen LogP contribution in [0.1, 0.15) is 39.7 Å². The highest BCUT2D eigenvalue weighted by Crippen LogP contribution is 2.35. The van der Waals surface area contributed by atoms with Gasteiger partial charge in [-0.2, -0.15) is 5.26 Å². The topological polar surface area (TPSA) is 93.0 Å². The summed E-state index contributed by atoms with van der Waals surface area (Å²) in [5.74, 6) is -1.83. The first-order valence-electron chi connectivity index (χ1n) is 8.64. The zero-order valence-corrected chi connectivity index (χ0v) is 20.0. The molecule has 0 aliphatic rings. The van der Waals surface area contributed by atoms with Gasteiger partial charge in [-0.1, -0.05) is 22.0 Å². The number of nitrogens with zero attached hydrogens (tertiary/aromatic N) is 1. The first-order chi connectivity index (χ1) is 13.2. The molecule has 0 heterocycles. The molecule has 0 fully saturated rings. The molecular formula is C19H25BrF2N2O3S2. The Hall–Kier alpha value is -0.990. The number of hydrogen-bond donors (Lipinski definition) is 1. The highest BCUT2D eigenvalue weighted by molar-refractivity contribution is 9.10. The van der Waals surface area contributed by atoms with Crippen molar-refractivity contribution in [2.24, 2.45) is 0 Å². The van der Waals surface area contributed by atoms with Crippen molar-refractivity contribution in [3.8, 4) is 6.07 Å². The fourth-order valence-electron chi connectivity index (χ4n) is 2.50. The lowest BCUT2D eigenvalue weighted by Gasteiger charge is -2.37. The molecule has 0 saturated heterocycles. The van der Waals surface area contributed by atoms with Crippen LogP contribution < -0.4 is 4.72 Å². The zero-order chi connectivity index (χ0) is 22.7. The van der Waals surface area contributed by atoms with Crippen molar-refractivity contribution >= 4 is 37.1 Å². The molecule has 5 nitrogen and oxygen atoms in total. The number of hydrogen-bond acceptors (Lipinski definition) is 5. The third kappa shape index (κ3) is 5.79. The molecule has 0 unspecified atom stereocenters. The van der Waals surface area contributed by atoms with Crippen LogP contribution in [0.4, 0.5) is 8.78 Å². The van der Waals surface area contributed by atoms with Crippen LogP contribution in [0.2, 0.25) is 0 Å². The maximum Gasteiger partial charge on any atom is 0.171 e. The average molecular weight is 511 g/mol. The Kier molecular flexibility index (Phi) is 8.47. The van der Waals surface area contributed by atoms with Gasteiger partial charge in [0.05, 0.1) is 11.8 Å². The Balaban J connectivity index is 3.70. The van der Waals surface area contributed by atoms with E-state index >= 15 is 0 Å². The van der Waals surface area contributed by atoms with Crippen molar-refractivity contribution in [2.75, 3.05) is 12.4 Å². The van der Waals surface area contributed by atoms with Crippen LogP contribution in [-0.4, -0.2) is 34.9 Å². The summed E-state index contributed by atoms with van der Waals surface area (Å²) in [5, 5.41) is 9.47. The molecule has 0 amide bonds. The predicted molar refractivity (Wildman–Crippen MR) is 115 cm³/mol. The van der Waals surface area contributed by atoms with Crippen molar-refractivity contribution < 1.29 is 21.8 Å². The number of halogens is 3. The maximum atomic E-state index is 14.7. The quantitative estimate of drug-likeness (QED) is 0.399. The summed E-state index contributed by atoms with van der Waals surface area (Å²) in [6.45, 7) is 8.14. The van der Waals surface area contributed by atoms with Crippen LogP contribution >= 0.6 is 15.9 Å². The number of nitrogens with one attached hydrogen (secondary N) is 1. The third-order valence-electron chi connectivity index (χ3n) is 4.41. The van der Waals surface area contributed by atoms with Crippen molar-refractivity contribution in [2.45, 2.75) is 49.1 Å². The number of nitriles is 1. The van der Waals surface area contributed by atoms with E-state index in [0.717, 1.165) is 6.07 Å². The molecule has 10 heteroatoms. The lowest BCUT2D eigenvalue weighted by Crippen LogP contribution is -2.58. The van der Waals surface area contributed by atoms with Crippen molar-refractivity contribution in [3.05, 3.63) is 46.7 Å². The van der Waals surface area contributed by atoms with E-state index in [1.54, 1.807) is 26.8 Å². The summed E-state index contributed by atoms with van der Waals surface area (Å²) < 4.78 is 68.4. The average Bonchev–Trinajstić information content (AvgIpc) is 2.61. The van der Waals surface area contributed by atoms with Gasteiger partial charge >= 0.3 is 0 Å². The van der Waals surface area contributed by atoms with Crippen LogP contribution in [-0.2, 0) is 26.7 Å². The molecule has 1 rings (SSSR count). The van der Waals surface area contributed by atoms with Crippen LogP contribution in [0.3, 0.4) is 0 Å². The first kappa shape index (κ1) is 26.0. The lowest BCUT2D eigenvalue weighted by atomic mass is 9.94. The van der Waals surface area contributed by atoms with Gasteiger partial charge in [0.25, 0.3) is 0 Å². The summed E-state index contributed by atoms with van der Waals surface area (Å²) in [6.07, 6.45) is 1.08. The molecule has 0 aliphatic carbocycles. The van der Waals surface area contributed by atoms with Gasteiger partial charge < -0.3 is 4.55 Å². The normalized spacial score (nSPS) is 17.6. The molecule has 0 radical (unpaired) electrons. The number of alkyl halides is 1. The summed E-state index contributed by atoms with van der Waals surface area (Å²) in [4.78, 5) is 0. The largest absolute Gasteiger partial charge is 0.598 e. The van der Waals surface area contributed by atoms with E-state index in [1.807, 2.05) is 0 Å². The van der Waals surface area contributed by atoms with E-state index < -0.39 is 54.5 Å². The summed E-state index contributed by atoms with van der Waals surface area (Å²) >= 11 is 1.24.